The summed E-state index contributed by atoms with van der Waals surface area (Å²) < 4.78 is 1.74. The summed E-state index contributed by atoms with van der Waals surface area (Å²) in [5, 5.41) is 13.1. The topological polar surface area (TPSA) is 83.6 Å². The first-order valence-electron chi connectivity index (χ1n) is 6.77. The van der Waals surface area contributed by atoms with Crippen molar-refractivity contribution in [3.63, 3.8) is 0 Å². The Balaban J connectivity index is 1.79. The number of aromatic nitrogens is 4. The average Bonchev–Trinajstić information content (AvgIpc) is 2.86. The Morgan fingerprint density at radius 3 is 2.90 bits per heavy atom. The van der Waals surface area contributed by atoms with E-state index in [1.165, 1.54) is 6.33 Å². The molecule has 0 atom stereocenters. The zero-order valence-corrected chi connectivity index (χ0v) is 11.4. The van der Waals surface area contributed by atoms with Gasteiger partial charge >= 0.3 is 5.97 Å². The van der Waals surface area contributed by atoms with Crippen molar-refractivity contribution in [1.82, 2.24) is 19.6 Å². The monoisotopic (exact) mass is 275 g/mol. The van der Waals surface area contributed by atoms with Gasteiger partial charge in [-0.05, 0) is 25.7 Å². The number of carboxylic acids is 1. The molecule has 1 aliphatic rings. The van der Waals surface area contributed by atoms with Crippen molar-refractivity contribution in [3.8, 4) is 0 Å². The Labute approximate surface area is 116 Å². The van der Waals surface area contributed by atoms with Crippen LogP contribution in [0.3, 0.4) is 0 Å². The molecule has 2 aromatic heterocycles. The minimum atomic E-state index is -0.707. The lowest BCUT2D eigenvalue weighted by Crippen LogP contribution is -2.35. The zero-order valence-electron chi connectivity index (χ0n) is 11.4. The second-order valence-corrected chi connectivity index (χ2v) is 5.26. The van der Waals surface area contributed by atoms with E-state index in [-0.39, 0.29) is 12.3 Å². The number of aliphatic carboxylic acids is 1. The van der Waals surface area contributed by atoms with Crippen LogP contribution >= 0.6 is 0 Å². The fourth-order valence-electron chi connectivity index (χ4n) is 2.75. The summed E-state index contributed by atoms with van der Waals surface area (Å²) in [7, 11) is 0. The highest BCUT2D eigenvalue weighted by molar-refractivity contribution is 5.67. The van der Waals surface area contributed by atoms with E-state index in [0.29, 0.717) is 5.78 Å². The summed E-state index contributed by atoms with van der Waals surface area (Å²) in [5.74, 6) is 1.16. The molecule has 1 N–H and O–H groups in total. The predicted octanol–water partition coefficient (Wildman–Crippen LogP) is 1.12. The summed E-state index contributed by atoms with van der Waals surface area (Å²) in [6.45, 7) is 3.63. The van der Waals surface area contributed by atoms with Gasteiger partial charge in [-0.1, -0.05) is 0 Å². The van der Waals surface area contributed by atoms with E-state index in [9.17, 15) is 4.79 Å². The number of fused-ring (bicyclic) bond motifs is 1. The number of hydrogen-bond acceptors (Lipinski definition) is 5. The van der Waals surface area contributed by atoms with E-state index in [1.807, 2.05) is 13.0 Å². The van der Waals surface area contributed by atoms with Crippen LogP contribution in [0.15, 0.2) is 12.4 Å². The van der Waals surface area contributed by atoms with Crippen LogP contribution in [0.2, 0.25) is 0 Å². The van der Waals surface area contributed by atoms with E-state index in [0.717, 1.165) is 37.4 Å². The number of hydrogen-bond donors (Lipinski definition) is 1. The van der Waals surface area contributed by atoms with Crippen molar-refractivity contribution in [1.29, 1.82) is 0 Å². The van der Waals surface area contributed by atoms with Gasteiger partial charge in [0.15, 0.2) is 0 Å². The Morgan fingerprint density at radius 2 is 2.20 bits per heavy atom. The van der Waals surface area contributed by atoms with Crippen molar-refractivity contribution >= 4 is 17.6 Å². The molecule has 0 amide bonds. The van der Waals surface area contributed by atoms with Gasteiger partial charge in [-0.2, -0.15) is 14.6 Å². The summed E-state index contributed by atoms with van der Waals surface area (Å²) in [4.78, 5) is 21.4. The zero-order chi connectivity index (χ0) is 14.1. The minimum absolute atomic E-state index is 0.266. The number of carboxylic acid groups (broad SMARTS) is 1. The average molecular weight is 275 g/mol. The highest BCUT2D eigenvalue weighted by Gasteiger charge is 2.23. The Morgan fingerprint density at radius 1 is 1.45 bits per heavy atom. The molecule has 0 radical (unpaired) electrons. The van der Waals surface area contributed by atoms with Crippen molar-refractivity contribution < 1.29 is 9.90 Å². The maximum Gasteiger partial charge on any atom is 0.303 e. The number of carbonyl (C=O) groups is 1. The number of piperidine rings is 1. The lowest BCUT2D eigenvalue weighted by atomic mass is 9.94. The molecular formula is C13H17N5O2. The van der Waals surface area contributed by atoms with Gasteiger partial charge in [-0.3, -0.25) is 4.79 Å². The van der Waals surface area contributed by atoms with Crippen molar-refractivity contribution in [3.05, 3.63) is 18.1 Å². The molecule has 1 fully saturated rings. The van der Waals surface area contributed by atoms with Crippen LogP contribution in [0.5, 0.6) is 0 Å². The molecule has 7 heteroatoms. The van der Waals surface area contributed by atoms with E-state index < -0.39 is 5.97 Å². The maximum atomic E-state index is 10.8. The second-order valence-electron chi connectivity index (χ2n) is 5.26. The van der Waals surface area contributed by atoms with Crippen molar-refractivity contribution in [2.45, 2.75) is 26.2 Å². The first kappa shape index (κ1) is 12.8. The van der Waals surface area contributed by atoms with Gasteiger partial charge in [0.2, 0.25) is 0 Å². The van der Waals surface area contributed by atoms with E-state index in [2.05, 4.69) is 20.0 Å². The standard InChI is InChI=1S/C13H17N5O2/c1-9-6-11(18-13(16-9)14-8-15-18)17-4-2-10(3-5-17)7-12(19)20/h6,8,10H,2-5,7H2,1H3,(H,19,20). The molecule has 20 heavy (non-hydrogen) atoms. The Bertz CT molecular complexity index is 631. The van der Waals surface area contributed by atoms with Crippen LogP contribution in [0, 0.1) is 12.8 Å². The molecule has 7 nitrogen and oxygen atoms in total. The number of anilines is 1. The molecular weight excluding hydrogens is 258 g/mol. The van der Waals surface area contributed by atoms with Crippen LogP contribution in [0.4, 0.5) is 5.82 Å². The normalized spacial score (nSPS) is 16.8. The molecule has 1 saturated heterocycles. The van der Waals surface area contributed by atoms with Gasteiger partial charge in [0.05, 0.1) is 0 Å². The highest BCUT2D eigenvalue weighted by Crippen LogP contribution is 2.25. The number of nitrogens with zero attached hydrogens (tertiary/aromatic N) is 5. The summed E-state index contributed by atoms with van der Waals surface area (Å²) in [5.41, 5.74) is 0.910. The molecule has 3 heterocycles. The number of rotatable bonds is 3. The van der Waals surface area contributed by atoms with E-state index in [1.54, 1.807) is 4.52 Å². The lowest BCUT2D eigenvalue weighted by molar-refractivity contribution is -0.138. The lowest BCUT2D eigenvalue weighted by Gasteiger charge is -2.32. The smallest absolute Gasteiger partial charge is 0.303 e. The third-order valence-electron chi connectivity index (χ3n) is 3.76. The fraction of sp³-hybridized carbons (Fsp3) is 0.538. The molecule has 3 rings (SSSR count). The third kappa shape index (κ3) is 2.43. The van der Waals surface area contributed by atoms with Crippen molar-refractivity contribution in [2.75, 3.05) is 18.0 Å². The first-order chi connectivity index (χ1) is 9.63. The minimum Gasteiger partial charge on any atom is -0.481 e. The largest absolute Gasteiger partial charge is 0.481 e. The Kier molecular flexibility index (Phi) is 3.25. The molecule has 0 aromatic carbocycles. The second kappa shape index (κ2) is 5.07. The SMILES string of the molecule is Cc1cc(N2CCC(CC(=O)O)CC2)n2ncnc2n1. The van der Waals surface area contributed by atoms with Gasteiger partial charge in [-0.15, -0.1) is 0 Å². The van der Waals surface area contributed by atoms with Crippen molar-refractivity contribution in [2.24, 2.45) is 5.92 Å². The van der Waals surface area contributed by atoms with Crippen LogP contribution in [-0.4, -0.2) is 43.7 Å². The van der Waals surface area contributed by atoms with E-state index >= 15 is 0 Å². The molecule has 0 bridgehead atoms. The van der Waals surface area contributed by atoms with Gasteiger partial charge in [0.25, 0.3) is 5.78 Å². The van der Waals surface area contributed by atoms with Gasteiger partial charge < -0.3 is 10.0 Å². The van der Waals surface area contributed by atoms with E-state index in [4.69, 9.17) is 5.11 Å². The van der Waals surface area contributed by atoms with Gasteiger partial charge in [-0.25, -0.2) is 4.98 Å². The third-order valence-corrected chi connectivity index (χ3v) is 3.76. The van der Waals surface area contributed by atoms with Crippen LogP contribution in [0.1, 0.15) is 25.0 Å². The van der Waals surface area contributed by atoms with Gasteiger partial charge in [0.1, 0.15) is 12.1 Å². The fourth-order valence-corrected chi connectivity index (χ4v) is 2.75. The quantitative estimate of drug-likeness (QED) is 0.903. The summed E-state index contributed by atoms with van der Waals surface area (Å²) in [6, 6.07) is 2.00. The van der Waals surface area contributed by atoms with Crippen LogP contribution in [-0.2, 0) is 4.79 Å². The van der Waals surface area contributed by atoms with Crippen LogP contribution in [0.25, 0.3) is 5.78 Å². The summed E-state index contributed by atoms with van der Waals surface area (Å²) >= 11 is 0. The molecule has 0 saturated carbocycles. The Hall–Kier alpha value is -2.18. The molecule has 2 aromatic rings. The molecule has 106 valence electrons. The van der Waals surface area contributed by atoms with Crippen LogP contribution < -0.4 is 4.90 Å². The molecule has 0 unspecified atom stereocenters. The molecule has 1 aliphatic heterocycles. The highest BCUT2D eigenvalue weighted by atomic mass is 16.4. The summed E-state index contributed by atoms with van der Waals surface area (Å²) in [6.07, 6.45) is 3.55. The molecule has 0 spiro atoms. The maximum absolute atomic E-state index is 10.8. The van der Waals surface area contributed by atoms with Gasteiger partial charge in [0, 0.05) is 31.3 Å². The predicted molar refractivity (Wildman–Crippen MR) is 72.7 cm³/mol. The number of aryl methyl sites for hydroxylation is 1. The molecule has 0 aliphatic carbocycles. The first-order valence-corrected chi connectivity index (χ1v) is 6.77.